The van der Waals surface area contributed by atoms with E-state index >= 15 is 0 Å². The molecule has 1 heterocycles. The number of sulfonamides is 1. The number of H-pyrrole nitrogens is 1. The molecule has 0 radical (unpaired) electrons. The maximum Gasteiger partial charge on any atom is 0.573 e. The maximum atomic E-state index is 12.6. The van der Waals surface area contributed by atoms with Crippen molar-refractivity contribution in [3.8, 4) is 5.75 Å². The molecule has 27 heavy (non-hydrogen) atoms. The highest BCUT2D eigenvalue weighted by molar-refractivity contribution is 7.93. The van der Waals surface area contributed by atoms with Crippen molar-refractivity contribution in [1.82, 2.24) is 4.98 Å². The molecular formula is C15H10F3N3O5S. The van der Waals surface area contributed by atoms with Crippen molar-refractivity contribution in [2.24, 2.45) is 0 Å². The lowest BCUT2D eigenvalue weighted by atomic mass is 10.2. The second kappa shape index (κ2) is 6.46. The molecule has 0 aliphatic rings. The van der Waals surface area contributed by atoms with Gasteiger partial charge >= 0.3 is 6.36 Å². The van der Waals surface area contributed by atoms with Gasteiger partial charge in [0.15, 0.2) is 0 Å². The molecule has 0 aliphatic carbocycles. The summed E-state index contributed by atoms with van der Waals surface area (Å²) in [6.45, 7) is 0. The Hall–Kier alpha value is -3.28. The Labute approximate surface area is 149 Å². The molecule has 0 fully saturated rings. The molecule has 0 spiro atoms. The van der Waals surface area contributed by atoms with Gasteiger partial charge in [-0.05, 0) is 30.3 Å². The number of hydrogen-bond donors (Lipinski definition) is 2. The molecule has 0 amide bonds. The van der Waals surface area contributed by atoms with Crippen LogP contribution in [0, 0.1) is 10.1 Å². The minimum atomic E-state index is -4.86. The van der Waals surface area contributed by atoms with Crippen LogP contribution in [0.3, 0.4) is 0 Å². The van der Waals surface area contributed by atoms with Crippen LogP contribution in [0.5, 0.6) is 5.75 Å². The molecule has 0 bridgehead atoms. The summed E-state index contributed by atoms with van der Waals surface area (Å²) >= 11 is 0. The van der Waals surface area contributed by atoms with Crippen LogP contribution in [0.2, 0.25) is 0 Å². The first-order valence-electron chi connectivity index (χ1n) is 7.19. The number of alkyl halides is 3. The molecule has 0 unspecified atom stereocenters. The molecule has 0 atom stereocenters. The van der Waals surface area contributed by atoms with Gasteiger partial charge in [-0.2, -0.15) is 0 Å². The number of benzene rings is 2. The number of fused-ring (bicyclic) bond motifs is 1. The number of aromatic nitrogens is 1. The summed E-state index contributed by atoms with van der Waals surface area (Å²) in [6.07, 6.45) is -3.70. The molecule has 1 aromatic heterocycles. The summed E-state index contributed by atoms with van der Waals surface area (Å²) in [5.41, 5.74) is 0.0754. The quantitative estimate of drug-likeness (QED) is 0.499. The van der Waals surface area contributed by atoms with Crippen LogP contribution in [0.25, 0.3) is 10.9 Å². The van der Waals surface area contributed by atoms with E-state index in [0.29, 0.717) is 5.52 Å². The summed E-state index contributed by atoms with van der Waals surface area (Å²) in [4.78, 5) is 12.7. The molecule has 3 aromatic rings. The monoisotopic (exact) mass is 401 g/mol. The Morgan fingerprint density at radius 3 is 2.37 bits per heavy atom. The van der Waals surface area contributed by atoms with Crippen LogP contribution in [-0.2, 0) is 10.0 Å². The number of hydrogen-bond acceptors (Lipinski definition) is 5. The summed E-state index contributed by atoms with van der Waals surface area (Å²) in [6, 6.07) is 7.79. The van der Waals surface area contributed by atoms with Crippen LogP contribution < -0.4 is 9.46 Å². The van der Waals surface area contributed by atoms with E-state index in [-0.39, 0.29) is 21.7 Å². The molecule has 2 aromatic carbocycles. The van der Waals surface area contributed by atoms with Crippen molar-refractivity contribution >= 4 is 32.3 Å². The summed E-state index contributed by atoms with van der Waals surface area (Å²) in [5, 5.41) is 11.0. The molecule has 3 rings (SSSR count). The minimum Gasteiger partial charge on any atom is -0.406 e. The number of nitro groups is 1. The molecule has 8 nitrogen and oxygen atoms in total. The smallest absolute Gasteiger partial charge is 0.406 e. The van der Waals surface area contributed by atoms with Crippen LogP contribution in [-0.4, -0.2) is 24.7 Å². The average molecular weight is 401 g/mol. The van der Waals surface area contributed by atoms with Crippen molar-refractivity contribution < 1.29 is 31.2 Å². The number of halogens is 3. The van der Waals surface area contributed by atoms with Gasteiger partial charge in [0.25, 0.3) is 15.7 Å². The van der Waals surface area contributed by atoms with Gasteiger partial charge < -0.3 is 9.72 Å². The number of nitrogens with zero attached hydrogens (tertiary/aromatic N) is 1. The van der Waals surface area contributed by atoms with Gasteiger partial charge in [-0.15, -0.1) is 13.2 Å². The average Bonchev–Trinajstić information content (AvgIpc) is 2.99. The van der Waals surface area contributed by atoms with E-state index in [2.05, 4.69) is 14.4 Å². The second-order valence-corrected chi connectivity index (χ2v) is 6.97. The molecule has 12 heteroatoms. The Balaban J connectivity index is 1.90. The van der Waals surface area contributed by atoms with E-state index in [4.69, 9.17) is 0 Å². The second-order valence-electron chi connectivity index (χ2n) is 5.32. The van der Waals surface area contributed by atoms with Crippen molar-refractivity contribution in [3.05, 3.63) is 58.8 Å². The number of ether oxygens (including phenoxy) is 1. The van der Waals surface area contributed by atoms with Gasteiger partial charge in [-0.3, -0.25) is 14.8 Å². The van der Waals surface area contributed by atoms with E-state index in [1.54, 1.807) is 0 Å². The molecule has 2 N–H and O–H groups in total. The standard InChI is InChI=1S/C15H10F3N3O5S/c16-15(17,18)26-11-4-1-9(2-5-11)20-27(24,25)14-8-19-13-6-3-10(21(22)23)7-12(13)14/h1-8,19-20H. The van der Waals surface area contributed by atoms with Gasteiger partial charge in [0, 0.05) is 34.9 Å². The van der Waals surface area contributed by atoms with Crippen LogP contribution in [0.1, 0.15) is 0 Å². The third-order valence-electron chi connectivity index (χ3n) is 3.47. The molecular weight excluding hydrogens is 391 g/mol. The van der Waals surface area contributed by atoms with Crippen LogP contribution in [0.4, 0.5) is 24.5 Å². The van der Waals surface area contributed by atoms with E-state index < -0.39 is 27.1 Å². The van der Waals surface area contributed by atoms with Crippen LogP contribution >= 0.6 is 0 Å². The number of aromatic amines is 1. The maximum absolute atomic E-state index is 12.6. The molecule has 0 saturated heterocycles. The van der Waals surface area contributed by atoms with Gasteiger partial charge in [0.2, 0.25) is 0 Å². The predicted octanol–water partition coefficient (Wildman–Crippen LogP) is 3.78. The van der Waals surface area contributed by atoms with Gasteiger partial charge in [-0.1, -0.05) is 0 Å². The highest BCUT2D eigenvalue weighted by Gasteiger charge is 2.31. The Kier molecular flexibility index (Phi) is 4.43. The molecule has 0 saturated carbocycles. The highest BCUT2D eigenvalue weighted by Crippen LogP contribution is 2.29. The van der Waals surface area contributed by atoms with Crippen molar-refractivity contribution in [2.45, 2.75) is 11.3 Å². The van der Waals surface area contributed by atoms with Gasteiger partial charge in [-0.25, -0.2) is 8.42 Å². The van der Waals surface area contributed by atoms with E-state index in [0.717, 1.165) is 36.5 Å². The SMILES string of the molecule is O=[N+]([O-])c1ccc2[nH]cc(S(=O)(=O)Nc3ccc(OC(F)(F)F)cc3)c2c1. The number of nitro benzene ring substituents is 1. The van der Waals surface area contributed by atoms with E-state index in [1.807, 2.05) is 0 Å². The lowest BCUT2D eigenvalue weighted by molar-refractivity contribution is -0.384. The lowest BCUT2D eigenvalue weighted by Gasteiger charge is -2.10. The minimum absolute atomic E-state index is 0.00990. The van der Waals surface area contributed by atoms with Crippen molar-refractivity contribution in [3.63, 3.8) is 0 Å². The zero-order chi connectivity index (χ0) is 19.8. The molecule has 0 aliphatic heterocycles. The fraction of sp³-hybridized carbons (Fsp3) is 0.0667. The third kappa shape index (κ3) is 4.11. The first-order chi connectivity index (χ1) is 12.5. The fourth-order valence-corrected chi connectivity index (χ4v) is 3.58. The zero-order valence-electron chi connectivity index (χ0n) is 13.1. The topological polar surface area (TPSA) is 114 Å². The zero-order valence-corrected chi connectivity index (χ0v) is 14.0. The summed E-state index contributed by atoms with van der Waals surface area (Å²) in [7, 11) is -4.15. The Morgan fingerprint density at radius 1 is 1.11 bits per heavy atom. The third-order valence-corrected chi connectivity index (χ3v) is 4.89. The van der Waals surface area contributed by atoms with Gasteiger partial charge in [0.1, 0.15) is 10.6 Å². The van der Waals surface area contributed by atoms with E-state index in [9.17, 15) is 31.7 Å². The number of non-ortho nitro benzene ring substituents is 1. The lowest BCUT2D eigenvalue weighted by Crippen LogP contribution is -2.17. The molecule has 142 valence electrons. The Bertz CT molecular complexity index is 1110. The normalized spacial score (nSPS) is 12.1. The number of anilines is 1. The first kappa shape index (κ1) is 18.5. The van der Waals surface area contributed by atoms with E-state index in [1.165, 1.54) is 12.1 Å². The fourth-order valence-electron chi connectivity index (χ4n) is 2.35. The van der Waals surface area contributed by atoms with Crippen LogP contribution in [0.15, 0.2) is 53.6 Å². The Morgan fingerprint density at radius 2 is 1.78 bits per heavy atom. The summed E-state index contributed by atoms with van der Waals surface area (Å²) < 4.78 is 67.5. The predicted molar refractivity (Wildman–Crippen MR) is 88.9 cm³/mol. The number of nitrogens with one attached hydrogen (secondary N) is 2. The largest absolute Gasteiger partial charge is 0.573 e. The highest BCUT2D eigenvalue weighted by atomic mass is 32.2. The first-order valence-corrected chi connectivity index (χ1v) is 8.68. The van der Waals surface area contributed by atoms with Gasteiger partial charge in [0.05, 0.1) is 4.92 Å². The summed E-state index contributed by atoms with van der Waals surface area (Å²) in [5.74, 6) is -0.506. The van der Waals surface area contributed by atoms with Crippen molar-refractivity contribution in [2.75, 3.05) is 4.72 Å². The number of rotatable bonds is 5. The van der Waals surface area contributed by atoms with Crippen molar-refractivity contribution in [1.29, 1.82) is 0 Å².